The molecule has 2 amide bonds. The Morgan fingerprint density at radius 1 is 1.29 bits per heavy atom. The Balaban J connectivity index is 2.32. The van der Waals surface area contributed by atoms with Crippen molar-refractivity contribution in [3.63, 3.8) is 0 Å². The lowest BCUT2D eigenvalue weighted by Gasteiger charge is -2.24. The van der Waals surface area contributed by atoms with Gasteiger partial charge in [-0.25, -0.2) is 0 Å². The van der Waals surface area contributed by atoms with Crippen molar-refractivity contribution in [3.8, 4) is 0 Å². The molecule has 0 unspecified atom stereocenters. The van der Waals surface area contributed by atoms with Crippen LogP contribution in [0, 0.1) is 0 Å². The van der Waals surface area contributed by atoms with Crippen LogP contribution in [0.5, 0.6) is 0 Å². The lowest BCUT2D eigenvalue weighted by atomic mass is 10.1. The second-order valence-electron chi connectivity index (χ2n) is 5.56. The summed E-state index contributed by atoms with van der Waals surface area (Å²) in [7, 11) is 5.23. The molecule has 2 N–H and O–H groups in total. The van der Waals surface area contributed by atoms with Crippen LogP contribution in [0.25, 0.3) is 0 Å². The van der Waals surface area contributed by atoms with Gasteiger partial charge in [0.15, 0.2) is 0 Å². The van der Waals surface area contributed by atoms with Crippen LogP contribution in [-0.2, 0) is 4.79 Å². The second kappa shape index (κ2) is 6.03. The average molecular weight is 290 g/mol. The van der Waals surface area contributed by atoms with Crippen LogP contribution in [0.3, 0.4) is 0 Å². The number of benzene rings is 1. The van der Waals surface area contributed by atoms with Gasteiger partial charge in [-0.05, 0) is 24.6 Å². The van der Waals surface area contributed by atoms with Crippen molar-refractivity contribution < 1.29 is 9.59 Å². The number of hydrogen-bond acceptors (Lipinski definition) is 4. The van der Waals surface area contributed by atoms with Gasteiger partial charge in [-0.3, -0.25) is 9.59 Å². The summed E-state index contributed by atoms with van der Waals surface area (Å²) in [6.07, 6.45) is 0.882. The van der Waals surface area contributed by atoms with Crippen LogP contribution in [0.4, 0.5) is 11.4 Å². The Hall–Kier alpha value is -2.24. The Morgan fingerprint density at radius 3 is 2.67 bits per heavy atom. The number of rotatable bonds is 2. The van der Waals surface area contributed by atoms with E-state index in [4.69, 9.17) is 5.73 Å². The predicted molar refractivity (Wildman–Crippen MR) is 83.3 cm³/mol. The molecule has 6 heteroatoms. The molecule has 0 bridgehead atoms. The molecule has 1 aliphatic heterocycles. The lowest BCUT2D eigenvalue weighted by molar-refractivity contribution is -0.127. The summed E-state index contributed by atoms with van der Waals surface area (Å²) < 4.78 is 0. The number of likely N-dealkylation sites (N-methyl/N-ethyl adjacent to an activating group) is 1. The summed E-state index contributed by atoms with van der Waals surface area (Å²) in [6, 6.07) is 5.22. The third kappa shape index (κ3) is 3.26. The molecule has 1 aromatic carbocycles. The zero-order chi connectivity index (χ0) is 15.6. The highest BCUT2D eigenvalue weighted by Gasteiger charge is 2.21. The fraction of sp³-hybridized carbons (Fsp3) is 0.467. The fourth-order valence-corrected chi connectivity index (χ4v) is 2.40. The molecule has 2 rings (SSSR count). The lowest BCUT2D eigenvalue weighted by Crippen LogP contribution is -2.34. The van der Waals surface area contributed by atoms with Crippen molar-refractivity contribution in [3.05, 3.63) is 23.8 Å². The Morgan fingerprint density at radius 2 is 2.00 bits per heavy atom. The van der Waals surface area contributed by atoms with E-state index in [1.165, 1.54) is 4.90 Å². The first-order valence-corrected chi connectivity index (χ1v) is 7.00. The standard InChI is InChI=1S/C15H22N4O2/c1-17(2)15(21)11-5-6-12(16)13(9-11)19-8-4-7-18(3)14(20)10-19/h5-6,9H,4,7-8,10,16H2,1-3H3. The van der Waals surface area contributed by atoms with Gasteiger partial charge in [0.05, 0.1) is 17.9 Å². The number of hydrogen-bond donors (Lipinski definition) is 1. The van der Waals surface area contributed by atoms with Gasteiger partial charge >= 0.3 is 0 Å². The van der Waals surface area contributed by atoms with E-state index in [9.17, 15) is 9.59 Å². The van der Waals surface area contributed by atoms with Crippen LogP contribution in [0.15, 0.2) is 18.2 Å². The van der Waals surface area contributed by atoms with Crippen LogP contribution in [0.1, 0.15) is 16.8 Å². The number of nitrogens with two attached hydrogens (primary N) is 1. The molecule has 1 fully saturated rings. The minimum atomic E-state index is -0.0745. The summed E-state index contributed by atoms with van der Waals surface area (Å²) in [5.74, 6) is -0.00856. The molecule has 1 aliphatic rings. The minimum Gasteiger partial charge on any atom is -0.397 e. The first kappa shape index (κ1) is 15.2. The molecule has 21 heavy (non-hydrogen) atoms. The van der Waals surface area contributed by atoms with E-state index < -0.39 is 0 Å². The monoisotopic (exact) mass is 290 g/mol. The van der Waals surface area contributed by atoms with E-state index in [1.807, 2.05) is 4.90 Å². The van der Waals surface area contributed by atoms with Crippen molar-refractivity contribution in [2.45, 2.75) is 6.42 Å². The Labute approximate surface area is 125 Å². The molecule has 0 aromatic heterocycles. The molecule has 1 heterocycles. The van der Waals surface area contributed by atoms with E-state index in [0.29, 0.717) is 17.8 Å². The maximum Gasteiger partial charge on any atom is 0.253 e. The van der Waals surface area contributed by atoms with Gasteiger partial charge in [-0.2, -0.15) is 0 Å². The van der Waals surface area contributed by atoms with Gasteiger partial charge < -0.3 is 20.4 Å². The maximum atomic E-state index is 12.1. The van der Waals surface area contributed by atoms with E-state index in [2.05, 4.69) is 0 Å². The predicted octanol–water partition coefficient (Wildman–Crippen LogP) is 0.639. The smallest absolute Gasteiger partial charge is 0.253 e. The van der Waals surface area contributed by atoms with Gasteiger partial charge in [0, 0.05) is 39.8 Å². The number of carbonyl (C=O) groups is 2. The first-order chi connectivity index (χ1) is 9.90. The molecular weight excluding hydrogens is 268 g/mol. The number of anilines is 2. The largest absolute Gasteiger partial charge is 0.397 e. The van der Waals surface area contributed by atoms with E-state index in [-0.39, 0.29) is 11.8 Å². The number of carbonyl (C=O) groups excluding carboxylic acids is 2. The Bertz CT molecular complexity index is 557. The van der Waals surface area contributed by atoms with Crippen molar-refractivity contribution in [2.24, 2.45) is 0 Å². The van der Waals surface area contributed by atoms with Crippen LogP contribution >= 0.6 is 0 Å². The van der Waals surface area contributed by atoms with Gasteiger partial charge in [0.1, 0.15) is 0 Å². The highest BCUT2D eigenvalue weighted by atomic mass is 16.2. The molecule has 6 nitrogen and oxygen atoms in total. The van der Waals surface area contributed by atoms with Crippen molar-refractivity contribution in [1.82, 2.24) is 9.80 Å². The third-order valence-electron chi connectivity index (χ3n) is 3.70. The average Bonchev–Trinajstić information content (AvgIpc) is 2.61. The zero-order valence-corrected chi connectivity index (χ0v) is 12.8. The summed E-state index contributed by atoms with van der Waals surface area (Å²) in [4.78, 5) is 29.3. The molecule has 0 radical (unpaired) electrons. The number of amides is 2. The van der Waals surface area contributed by atoms with Gasteiger partial charge in [-0.15, -0.1) is 0 Å². The molecule has 114 valence electrons. The SMILES string of the molecule is CN(C)C(=O)c1ccc(N)c(N2CCCN(C)C(=O)C2)c1. The number of nitrogen functional groups attached to an aromatic ring is 1. The van der Waals surface area contributed by atoms with Gasteiger partial charge in [0.25, 0.3) is 5.91 Å². The summed E-state index contributed by atoms with van der Waals surface area (Å²) in [5.41, 5.74) is 7.96. The quantitative estimate of drug-likeness (QED) is 0.812. The topological polar surface area (TPSA) is 69.9 Å². The normalized spacial score (nSPS) is 15.9. The zero-order valence-electron chi connectivity index (χ0n) is 12.8. The molecule has 1 aromatic rings. The summed E-state index contributed by atoms with van der Waals surface area (Å²) >= 11 is 0. The Kier molecular flexibility index (Phi) is 4.35. The molecular formula is C15H22N4O2. The second-order valence-corrected chi connectivity index (χ2v) is 5.56. The van der Waals surface area contributed by atoms with Crippen LogP contribution in [-0.4, -0.2) is 62.4 Å². The van der Waals surface area contributed by atoms with E-state index >= 15 is 0 Å². The summed E-state index contributed by atoms with van der Waals surface area (Å²) in [5, 5.41) is 0. The van der Waals surface area contributed by atoms with Crippen molar-refractivity contribution in [1.29, 1.82) is 0 Å². The molecule has 0 atom stereocenters. The van der Waals surface area contributed by atoms with Gasteiger partial charge in [-0.1, -0.05) is 0 Å². The summed E-state index contributed by atoms with van der Waals surface area (Å²) in [6.45, 7) is 1.78. The fourth-order valence-electron chi connectivity index (χ4n) is 2.40. The minimum absolute atomic E-state index is 0.0660. The molecule has 0 aliphatic carbocycles. The van der Waals surface area contributed by atoms with E-state index in [0.717, 1.165) is 25.2 Å². The van der Waals surface area contributed by atoms with Crippen LogP contribution < -0.4 is 10.6 Å². The van der Waals surface area contributed by atoms with Crippen molar-refractivity contribution >= 4 is 23.2 Å². The van der Waals surface area contributed by atoms with Crippen LogP contribution in [0.2, 0.25) is 0 Å². The number of nitrogens with zero attached hydrogens (tertiary/aromatic N) is 3. The molecule has 0 saturated carbocycles. The highest BCUT2D eigenvalue weighted by Crippen LogP contribution is 2.26. The third-order valence-corrected chi connectivity index (χ3v) is 3.70. The molecule has 1 saturated heterocycles. The first-order valence-electron chi connectivity index (χ1n) is 7.00. The van der Waals surface area contributed by atoms with Gasteiger partial charge in [0.2, 0.25) is 5.91 Å². The molecule has 0 spiro atoms. The maximum absolute atomic E-state index is 12.1. The highest BCUT2D eigenvalue weighted by molar-refractivity contribution is 5.96. The van der Waals surface area contributed by atoms with E-state index in [1.54, 1.807) is 44.2 Å². The van der Waals surface area contributed by atoms with Crippen molar-refractivity contribution in [2.75, 3.05) is 51.4 Å².